The summed E-state index contributed by atoms with van der Waals surface area (Å²) in [6.07, 6.45) is 2.96. The van der Waals surface area contributed by atoms with Gasteiger partial charge in [-0.2, -0.15) is 4.31 Å². The quantitative estimate of drug-likeness (QED) is 0.815. The third-order valence-corrected chi connectivity index (χ3v) is 7.68. The third-order valence-electron chi connectivity index (χ3n) is 5.78. The monoisotopic (exact) mass is 407 g/mol. The first-order valence-corrected chi connectivity index (χ1v) is 11.2. The molecule has 0 spiro atoms. The van der Waals surface area contributed by atoms with Gasteiger partial charge in [-0.15, -0.1) is 0 Å². The van der Waals surface area contributed by atoms with Crippen molar-refractivity contribution in [3.63, 3.8) is 0 Å². The average molecular weight is 407 g/mol. The van der Waals surface area contributed by atoms with E-state index in [1.165, 1.54) is 16.4 Å². The summed E-state index contributed by atoms with van der Waals surface area (Å²) >= 11 is 0. The van der Waals surface area contributed by atoms with Gasteiger partial charge in [-0.05, 0) is 37.5 Å². The fourth-order valence-corrected chi connectivity index (χ4v) is 5.22. The highest BCUT2D eigenvalue weighted by Crippen LogP contribution is 2.34. The lowest BCUT2D eigenvalue weighted by molar-refractivity contribution is -0.139. The van der Waals surface area contributed by atoms with Crippen molar-refractivity contribution in [3.8, 4) is 5.75 Å². The normalized spacial score (nSPS) is 23.4. The van der Waals surface area contributed by atoms with Gasteiger partial charge in [0.1, 0.15) is 5.75 Å². The van der Waals surface area contributed by atoms with E-state index >= 15 is 0 Å². The van der Waals surface area contributed by atoms with Crippen molar-refractivity contribution in [1.29, 1.82) is 0 Å². The fourth-order valence-electron chi connectivity index (χ4n) is 3.77. The van der Waals surface area contributed by atoms with E-state index in [1.54, 1.807) is 11.0 Å². The highest BCUT2D eigenvalue weighted by atomic mass is 32.2. The van der Waals surface area contributed by atoms with Gasteiger partial charge >= 0.3 is 0 Å². The average Bonchev–Trinajstić information content (AvgIpc) is 2.65. The van der Waals surface area contributed by atoms with E-state index in [1.807, 2.05) is 6.92 Å². The van der Waals surface area contributed by atoms with Crippen LogP contribution in [0.1, 0.15) is 32.6 Å². The van der Waals surface area contributed by atoms with Crippen molar-refractivity contribution in [1.82, 2.24) is 9.21 Å². The number of carbonyl (C=O) groups is 2. The topological polar surface area (TPSA) is 96.0 Å². The van der Waals surface area contributed by atoms with Crippen molar-refractivity contribution in [2.24, 2.45) is 5.92 Å². The standard InChI is InChI=1S/C19H25N3O5S/c1-2-16-18(23)20-15-12-14(6-7-17(15)27-16)28(25,26)22-10-8-21(9-11-22)19(24)13-4-3-5-13/h6-7,12-13,16H,2-5,8-11H2,1H3,(H,20,23). The molecule has 28 heavy (non-hydrogen) atoms. The summed E-state index contributed by atoms with van der Waals surface area (Å²) in [5, 5.41) is 2.72. The molecule has 2 fully saturated rings. The molecule has 1 atom stereocenters. The van der Waals surface area contributed by atoms with E-state index in [-0.39, 0.29) is 35.7 Å². The van der Waals surface area contributed by atoms with Gasteiger partial charge in [0.25, 0.3) is 5.91 Å². The molecule has 1 N–H and O–H groups in total. The first kappa shape index (κ1) is 19.2. The van der Waals surface area contributed by atoms with Gasteiger partial charge in [0.2, 0.25) is 15.9 Å². The summed E-state index contributed by atoms with van der Waals surface area (Å²) < 4.78 is 33.1. The molecule has 0 radical (unpaired) electrons. The molecule has 2 heterocycles. The summed E-state index contributed by atoms with van der Waals surface area (Å²) in [4.78, 5) is 26.2. The number of benzene rings is 1. The number of ether oxygens (including phenoxy) is 1. The van der Waals surface area contributed by atoms with Crippen LogP contribution in [0.2, 0.25) is 0 Å². The number of piperazine rings is 1. The molecular weight excluding hydrogens is 382 g/mol. The molecule has 9 heteroatoms. The van der Waals surface area contributed by atoms with Gasteiger partial charge in [0.05, 0.1) is 10.6 Å². The zero-order valence-corrected chi connectivity index (χ0v) is 16.7. The van der Waals surface area contributed by atoms with Crippen molar-refractivity contribution in [2.75, 3.05) is 31.5 Å². The Morgan fingerprint density at radius 1 is 1.21 bits per heavy atom. The fraction of sp³-hybridized carbons (Fsp3) is 0.579. The second kappa shape index (κ2) is 7.36. The van der Waals surface area contributed by atoms with Gasteiger partial charge in [0, 0.05) is 32.1 Å². The van der Waals surface area contributed by atoms with Crippen molar-refractivity contribution in [3.05, 3.63) is 18.2 Å². The van der Waals surface area contributed by atoms with Crippen molar-refractivity contribution in [2.45, 2.75) is 43.6 Å². The summed E-state index contributed by atoms with van der Waals surface area (Å²) in [7, 11) is -3.70. The van der Waals surface area contributed by atoms with E-state index < -0.39 is 16.1 Å². The number of sulfonamides is 1. The Morgan fingerprint density at radius 3 is 2.54 bits per heavy atom. The van der Waals surface area contributed by atoms with Gasteiger partial charge in [0.15, 0.2) is 6.10 Å². The first-order valence-electron chi connectivity index (χ1n) is 9.80. The SMILES string of the molecule is CCC1Oc2ccc(S(=O)(=O)N3CCN(C(=O)C4CCC4)CC3)cc2NC1=O. The number of fused-ring (bicyclic) bond motifs is 1. The molecule has 152 valence electrons. The Morgan fingerprint density at radius 2 is 1.93 bits per heavy atom. The van der Waals surface area contributed by atoms with E-state index in [2.05, 4.69) is 5.32 Å². The van der Waals surface area contributed by atoms with Crippen molar-refractivity contribution < 1.29 is 22.7 Å². The molecular formula is C19H25N3O5S. The number of nitrogens with zero attached hydrogens (tertiary/aromatic N) is 2. The lowest BCUT2D eigenvalue weighted by Crippen LogP contribution is -2.52. The molecule has 8 nitrogen and oxygen atoms in total. The summed E-state index contributed by atoms with van der Waals surface area (Å²) in [5.74, 6) is 0.482. The molecule has 2 aliphatic heterocycles. The highest BCUT2D eigenvalue weighted by molar-refractivity contribution is 7.89. The number of hydrogen-bond donors (Lipinski definition) is 1. The van der Waals surface area contributed by atoms with Crippen LogP contribution in [0.25, 0.3) is 0 Å². The van der Waals surface area contributed by atoms with E-state index in [4.69, 9.17) is 4.74 Å². The number of hydrogen-bond acceptors (Lipinski definition) is 5. The third kappa shape index (κ3) is 3.37. The molecule has 4 rings (SSSR count). The second-order valence-electron chi connectivity index (χ2n) is 7.52. The van der Waals surface area contributed by atoms with Crippen LogP contribution in [-0.4, -0.2) is 61.7 Å². The molecule has 1 aromatic carbocycles. The minimum atomic E-state index is -3.70. The number of nitrogens with one attached hydrogen (secondary N) is 1. The molecule has 2 amide bonds. The predicted molar refractivity (Wildman–Crippen MR) is 102 cm³/mol. The molecule has 1 unspecified atom stereocenters. The Labute approximate surface area is 164 Å². The highest BCUT2D eigenvalue weighted by Gasteiger charge is 2.35. The lowest BCUT2D eigenvalue weighted by atomic mass is 9.84. The number of rotatable bonds is 4. The van der Waals surface area contributed by atoms with E-state index in [0.29, 0.717) is 30.9 Å². The lowest BCUT2D eigenvalue weighted by Gasteiger charge is -2.37. The maximum absolute atomic E-state index is 13.0. The van der Waals surface area contributed by atoms with Gasteiger partial charge < -0.3 is 15.0 Å². The Kier molecular flexibility index (Phi) is 5.05. The van der Waals surface area contributed by atoms with Crippen LogP contribution < -0.4 is 10.1 Å². The minimum Gasteiger partial charge on any atom is -0.478 e. The van der Waals surface area contributed by atoms with Gasteiger partial charge in [-0.1, -0.05) is 13.3 Å². The molecule has 1 aromatic rings. The number of carbonyl (C=O) groups excluding carboxylic acids is 2. The van der Waals surface area contributed by atoms with Crippen LogP contribution in [0, 0.1) is 5.92 Å². The minimum absolute atomic E-state index is 0.115. The van der Waals surface area contributed by atoms with Gasteiger partial charge in [-0.25, -0.2) is 8.42 Å². The molecule has 0 bridgehead atoms. The summed E-state index contributed by atoms with van der Waals surface area (Å²) in [5.41, 5.74) is 0.370. The van der Waals surface area contributed by atoms with Crippen molar-refractivity contribution >= 4 is 27.5 Å². The second-order valence-corrected chi connectivity index (χ2v) is 9.46. The smallest absolute Gasteiger partial charge is 0.265 e. The number of anilines is 1. The zero-order valence-electron chi connectivity index (χ0n) is 15.9. The first-order chi connectivity index (χ1) is 13.4. The molecule has 1 saturated carbocycles. The van der Waals surface area contributed by atoms with Crippen LogP contribution in [0.15, 0.2) is 23.1 Å². The molecule has 1 aliphatic carbocycles. The van der Waals surface area contributed by atoms with Crippen LogP contribution in [0.5, 0.6) is 5.75 Å². The Hall–Kier alpha value is -2.13. The van der Waals surface area contributed by atoms with E-state index in [0.717, 1.165) is 19.3 Å². The zero-order chi connectivity index (χ0) is 19.9. The van der Waals surface area contributed by atoms with Crippen LogP contribution in [0.3, 0.4) is 0 Å². The maximum atomic E-state index is 13.0. The van der Waals surface area contributed by atoms with Crippen LogP contribution in [-0.2, 0) is 19.6 Å². The van der Waals surface area contributed by atoms with Gasteiger partial charge in [-0.3, -0.25) is 9.59 Å². The number of amides is 2. The Bertz CT molecular complexity index is 889. The van der Waals surface area contributed by atoms with Crippen LogP contribution in [0.4, 0.5) is 5.69 Å². The Balaban J connectivity index is 1.46. The molecule has 0 aromatic heterocycles. The molecule has 1 saturated heterocycles. The molecule has 3 aliphatic rings. The van der Waals surface area contributed by atoms with E-state index in [9.17, 15) is 18.0 Å². The largest absolute Gasteiger partial charge is 0.478 e. The van der Waals surface area contributed by atoms with Crippen LogP contribution >= 0.6 is 0 Å². The maximum Gasteiger partial charge on any atom is 0.265 e. The summed E-state index contributed by atoms with van der Waals surface area (Å²) in [6, 6.07) is 4.53. The summed E-state index contributed by atoms with van der Waals surface area (Å²) in [6.45, 7) is 3.23. The predicted octanol–water partition coefficient (Wildman–Crippen LogP) is 1.43.